The molecule has 0 aliphatic carbocycles. The van der Waals surface area contributed by atoms with Gasteiger partial charge in [0.15, 0.2) is 11.5 Å². The van der Waals surface area contributed by atoms with Crippen LogP contribution in [-0.4, -0.2) is 33.8 Å². The molecule has 0 bridgehead atoms. The highest BCUT2D eigenvalue weighted by Crippen LogP contribution is 2.29. The SMILES string of the molecule is CC(C)N1C(=O)C(O)=C(C(=O)c2ccc(Cc3ccc(F)cc3)o2)C1C. The molecule has 1 aromatic carbocycles. The lowest BCUT2D eigenvalue weighted by atomic mass is 10.0. The van der Waals surface area contributed by atoms with Gasteiger partial charge in [-0.2, -0.15) is 0 Å². The fraction of sp³-hybridized carbons (Fsp3) is 0.300. The summed E-state index contributed by atoms with van der Waals surface area (Å²) in [6.45, 7) is 5.35. The van der Waals surface area contributed by atoms with E-state index in [4.69, 9.17) is 4.42 Å². The number of ketones is 1. The molecule has 0 fully saturated rings. The predicted molar refractivity (Wildman–Crippen MR) is 93.3 cm³/mol. The number of furan rings is 1. The molecule has 1 amide bonds. The van der Waals surface area contributed by atoms with Crippen LogP contribution in [0.2, 0.25) is 0 Å². The van der Waals surface area contributed by atoms with Crippen LogP contribution in [-0.2, 0) is 11.2 Å². The van der Waals surface area contributed by atoms with Gasteiger partial charge in [0.2, 0.25) is 5.78 Å². The number of halogens is 1. The first-order valence-corrected chi connectivity index (χ1v) is 8.43. The lowest BCUT2D eigenvalue weighted by Crippen LogP contribution is -2.40. The van der Waals surface area contributed by atoms with Crippen LogP contribution in [0, 0.1) is 5.82 Å². The second-order valence-corrected chi connectivity index (χ2v) is 6.64. The molecular formula is C20H20FNO4. The van der Waals surface area contributed by atoms with Crippen LogP contribution >= 0.6 is 0 Å². The molecule has 1 N–H and O–H groups in total. The molecule has 1 unspecified atom stereocenters. The number of carbonyl (C=O) groups is 2. The summed E-state index contributed by atoms with van der Waals surface area (Å²) < 4.78 is 18.6. The Hall–Kier alpha value is -2.89. The Balaban J connectivity index is 1.82. The summed E-state index contributed by atoms with van der Waals surface area (Å²) in [5.74, 6) is -1.29. The fourth-order valence-electron chi connectivity index (χ4n) is 3.26. The van der Waals surface area contributed by atoms with Crippen molar-refractivity contribution >= 4 is 11.7 Å². The van der Waals surface area contributed by atoms with Gasteiger partial charge in [0.25, 0.3) is 5.91 Å². The van der Waals surface area contributed by atoms with E-state index in [1.807, 2.05) is 13.8 Å². The Morgan fingerprint density at radius 2 is 1.88 bits per heavy atom. The van der Waals surface area contributed by atoms with E-state index in [9.17, 15) is 19.1 Å². The minimum Gasteiger partial charge on any atom is -0.503 e. The molecule has 0 spiro atoms. The van der Waals surface area contributed by atoms with Gasteiger partial charge in [-0.1, -0.05) is 12.1 Å². The molecule has 0 saturated carbocycles. The Morgan fingerprint density at radius 3 is 2.46 bits per heavy atom. The van der Waals surface area contributed by atoms with Crippen LogP contribution in [0.15, 0.2) is 52.1 Å². The van der Waals surface area contributed by atoms with Crippen molar-refractivity contribution in [1.29, 1.82) is 0 Å². The summed E-state index contributed by atoms with van der Waals surface area (Å²) in [6.07, 6.45) is 0.408. The first-order chi connectivity index (χ1) is 12.3. The molecule has 136 valence electrons. The van der Waals surface area contributed by atoms with E-state index in [-0.39, 0.29) is 23.2 Å². The number of aliphatic hydroxyl groups excluding tert-OH is 1. The van der Waals surface area contributed by atoms with Crippen LogP contribution < -0.4 is 0 Å². The van der Waals surface area contributed by atoms with Crippen molar-refractivity contribution in [2.45, 2.75) is 39.3 Å². The lowest BCUT2D eigenvalue weighted by Gasteiger charge is -2.26. The monoisotopic (exact) mass is 357 g/mol. The van der Waals surface area contributed by atoms with Crippen LogP contribution in [0.5, 0.6) is 0 Å². The van der Waals surface area contributed by atoms with Crippen LogP contribution in [0.3, 0.4) is 0 Å². The van der Waals surface area contributed by atoms with E-state index in [1.165, 1.54) is 23.1 Å². The predicted octanol–water partition coefficient (Wildman–Crippen LogP) is 3.64. The quantitative estimate of drug-likeness (QED) is 0.830. The zero-order chi connectivity index (χ0) is 19.0. The van der Waals surface area contributed by atoms with Crippen molar-refractivity contribution in [1.82, 2.24) is 4.90 Å². The summed E-state index contributed by atoms with van der Waals surface area (Å²) >= 11 is 0. The maximum atomic E-state index is 13.0. The van der Waals surface area contributed by atoms with Gasteiger partial charge in [0, 0.05) is 12.5 Å². The van der Waals surface area contributed by atoms with Gasteiger partial charge >= 0.3 is 0 Å². The van der Waals surface area contributed by atoms with Crippen LogP contribution in [0.4, 0.5) is 4.39 Å². The summed E-state index contributed by atoms with van der Waals surface area (Å²) in [5.41, 5.74) is 0.892. The van der Waals surface area contributed by atoms with Gasteiger partial charge in [0.1, 0.15) is 11.6 Å². The van der Waals surface area contributed by atoms with Crippen molar-refractivity contribution in [3.8, 4) is 0 Å². The molecule has 2 aromatic rings. The van der Waals surface area contributed by atoms with Gasteiger partial charge in [-0.3, -0.25) is 9.59 Å². The fourth-order valence-corrected chi connectivity index (χ4v) is 3.26. The lowest BCUT2D eigenvalue weighted by molar-refractivity contribution is -0.130. The number of carbonyl (C=O) groups excluding carboxylic acids is 2. The molecule has 6 heteroatoms. The summed E-state index contributed by atoms with van der Waals surface area (Å²) in [6, 6.07) is 8.53. The number of benzene rings is 1. The number of nitrogens with zero attached hydrogens (tertiary/aromatic N) is 1. The number of hydrogen-bond donors (Lipinski definition) is 1. The molecule has 2 heterocycles. The highest BCUT2D eigenvalue weighted by molar-refractivity contribution is 6.14. The first-order valence-electron chi connectivity index (χ1n) is 8.43. The second-order valence-electron chi connectivity index (χ2n) is 6.64. The van der Waals surface area contributed by atoms with E-state index in [2.05, 4.69) is 0 Å². The molecule has 1 aliphatic rings. The maximum Gasteiger partial charge on any atom is 0.289 e. The zero-order valence-corrected chi connectivity index (χ0v) is 14.8. The Morgan fingerprint density at radius 1 is 1.23 bits per heavy atom. The van der Waals surface area contributed by atoms with Crippen molar-refractivity contribution in [2.75, 3.05) is 0 Å². The standard InChI is InChI=1S/C20H20FNO4/c1-11(2)22-12(3)17(19(24)20(22)25)18(23)16-9-8-15(26-16)10-13-4-6-14(21)7-5-13/h4-9,11-12,24H,10H2,1-3H3. The minimum atomic E-state index is -0.547. The van der Waals surface area contributed by atoms with Crippen molar-refractivity contribution < 1.29 is 23.5 Å². The number of rotatable bonds is 5. The molecule has 1 atom stereocenters. The number of aliphatic hydroxyl groups is 1. The van der Waals surface area contributed by atoms with Crippen LogP contribution in [0.25, 0.3) is 0 Å². The highest BCUT2D eigenvalue weighted by atomic mass is 19.1. The highest BCUT2D eigenvalue weighted by Gasteiger charge is 2.42. The van der Waals surface area contributed by atoms with E-state index in [1.54, 1.807) is 25.1 Å². The van der Waals surface area contributed by atoms with Crippen molar-refractivity contribution in [2.24, 2.45) is 0 Å². The van der Waals surface area contributed by atoms with E-state index in [0.717, 1.165) is 5.56 Å². The molecule has 1 aromatic heterocycles. The van der Waals surface area contributed by atoms with Gasteiger partial charge in [0.05, 0.1) is 11.6 Å². The van der Waals surface area contributed by atoms with E-state index >= 15 is 0 Å². The Labute approximate surface area is 150 Å². The third-order valence-corrected chi connectivity index (χ3v) is 4.51. The molecule has 0 radical (unpaired) electrons. The normalized spacial score (nSPS) is 17.5. The number of hydrogen-bond acceptors (Lipinski definition) is 4. The topological polar surface area (TPSA) is 70.8 Å². The van der Waals surface area contributed by atoms with Crippen molar-refractivity contribution in [3.63, 3.8) is 0 Å². The average molecular weight is 357 g/mol. The largest absolute Gasteiger partial charge is 0.503 e. The Bertz CT molecular complexity index is 879. The second kappa shape index (κ2) is 6.78. The smallest absolute Gasteiger partial charge is 0.289 e. The molecule has 26 heavy (non-hydrogen) atoms. The average Bonchev–Trinajstić information content (AvgIpc) is 3.13. The summed E-state index contributed by atoms with van der Waals surface area (Å²) in [5, 5.41) is 10.1. The Kier molecular flexibility index (Phi) is 4.68. The number of Topliss-reactive ketones (excluding diaryl/α,β-unsaturated/α-hetero) is 1. The van der Waals surface area contributed by atoms with Gasteiger partial charge in [-0.25, -0.2) is 4.39 Å². The molecule has 5 nitrogen and oxygen atoms in total. The molecule has 1 aliphatic heterocycles. The summed E-state index contributed by atoms with van der Waals surface area (Å²) in [7, 11) is 0. The van der Waals surface area contributed by atoms with E-state index in [0.29, 0.717) is 12.2 Å². The zero-order valence-electron chi connectivity index (χ0n) is 14.8. The first kappa shape index (κ1) is 17.9. The molecular weight excluding hydrogens is 337 g/mol. The van der Waals surface area contributed by atoms with Crippen LogP contribution in [0.1, 0.15) is 42.6 Å². The van der Waals surface area contributed by atoms with Gasteiger partial charge < -0.3 is 14.4 Å². The maximum absolute atomic E-state index is 13.0. The molecule has 0 saturated heterocycles. The molecule has 3 rings (SSSR count). The van der Waals surface area contributed by atoms with Gasteiger partial charge in [-0.15, -0.1) is 0 Å². The summed E-state index contributed by atoms with van der Waals surface area (Å²) in [4.78, 5) is 26.4. The number of amides is 1. The third kappa shape index (κ3) is 3.14. The third-order valence-electron chi connectivity index (χ3n) is 4.51. The minimum absolute atomic E-state index is 0.0476. The van der Waals surface area contributed by atoms with Crippen molar-refractivity contribution in [3.05, 3.63) is 70.6 Å². The van der Waals surface area contributed by atoms with Gasteiger partial charge in [-0.05, 0) is 50.6 Å². The van der Waals surface area contributed by atoms with E-state index < -0.39 is 23.5 Å².